The number of methoxy groups -OCH3 is 3. The van der Waals surface area contributed by atoms with E-state index in [1.165, 1.54) is 21.3 Å². The van der Waals surface area contributed by atoms with Crippen LogP contribution in [0.3, 0.4) is 0 Å². The normalized spacial score (nSPS) is 14.0. The maximum atomic E-state index is 12.0. The maximum Gasteiger partial charge on any atom is 0.244 e. The van der Waals surface area contributed by atoms with Crippen LogP contribution in [-0.2, 0) is 14.4 Å². The van der Waals surface area contributed by atoms with E-state index in [4.69, 9.17) is 14.2 Å². The van der Waals surface area contributed by atoms with Crippen LogP contribution < -0.4 is 19.5 Å². The van der Waals surface area contributed by atoms with E-state index in [0.29, 0.717) is 22.9 Å². The van der Waals surface area contributed by atoms with Crippen molar-refractivity contribution in [1.82, 2.24) is 4.90 Å². The fourth-order valence-corrected chi connectivity index (χ4v) is 2.30. The highest BCUT2D eigenvalue weighted by Gasteiger charge is 2.30. The number of rotatable bonds is 6. The molecular formula is C15H18N2O6. The van der Waals surface area contributed by atoms with Crippen molar-refractivity contribution in [3.05, 3.63) is 12.1 Å². The first-order valence-electron chi connectivity index (χ1n) is 6.93. The van der Waals surface area contributed by atoms with Crippen molar-refractivity contribution in [2.45, 2.75) is 12.8 Å². The third-order valence-electron chi connectivity index (χ3n) is 3.41. The minimum Gasteiger partial charge on any atom is -0.493 e. The molecule has 1 fully saturated rings. The van der Waals surface area contributed by atoms with E-state index in [1.54, 1.807) is 12.1 Å². The molecule has 0 radical (unpaired) electrons. The molecule has 1 heterocycles. The van der Waals surface area contributed by atoms with Crippen LogP contribution in [0.2, 0.25) is 0 Å². The second kappa shape index (κ2) is 6.99. The van der Waals surface area contributed by atoms with Gasteiger partial charge in [0.2, 0.25) is 23.5 Å². The van der Waals surface area contributed by atoms with Crippen LogP contribution in [0.15, 0.2) is 12.1 Å². The lowest BCUT2D eigenvalue weighted by molar-refractivity contribution is -0.141. The Labute approximate surface area is 133 Å². The summed E-state index contributed by atoms with van der Waals surface area (Å²) in [6, 6.07) is 3.12. The molecule has 0 aromatic heterocycles. The second-order valence-electron chi connectivity index (χ2n) is 4.84. The van der Waals surface area contributed by atoms with Crippen molar-refractivity contribution < 1.29 is 28.6 Å². The summed E-state index contributed by atoms with van der Waals surface area (Å²) in [5.41, 5.74) is 0.406. The number of ether oxygens (including phenoxy) is 3. The first-order chi connectivity index (χ1) is 11.0. The van der Waals surface area contributed by atoms with Crippen molar-refractivity contribution in [2.24, 2.45) is 0 Å². The summed E-state index contributed by atoms with van der Waals surface area (Å²) < 4.78 is 15.6. The number of carbonyl (C=O) groups excluding carboxylic acids is 3. The van der Waals surface area contributed by atoms with Crippen LogP contribution in [0.1, 0.15) is 12.8 Å². The van der Waals surface area contributed by atoms with Crippen molar-refractivity contribution in [2.75, 3.05) is 33.2 Å². The lowest BCUT2D eigenvalue weighted by atomic mass is 10.2. The standard InChI is InChI=1S/C15H18N2O6/c1-21-10-6-9(7-11(22-2)15(10)23-3)16-12(18)8-17-13(19)4-5-14(17)20/h6-7H,4-5,8H2,1-3H3,(H,16,18). The van der Waals surface area contributed by atoms with Gasteiger partial charge in [0.05, 0.1) is 21.3 Å². The number of anilines is 1. The number of hydrogen-bond acceptors (Lipinski definition) is 6. The van der Waals surface area contributed by atoms with E-state index in [0.717, 1.165) is 4.90 Å². The topological polar surface area (TPSA) is 94.2 Å². The minimum absolute atomic E-state index is 0.149. The van der Waals surface area contributed by atoms with Crippen LogP contribution in [0.4, 0.5) is 5.69 Å². The summed E-state index contributed by atoms with van der Waals surface area (Å²) in [6.45, 7) is -0.311. The molecule has 23 heavy (non-hydrogen) atoms. The molecule has 0 bridgehead atoms. The average molecular weight is 322 g/mol. The van der Waals surface area contributed by atoms with Gasteiger partial charge in [-0.15, -0.1) is 0 Å². The van der Waals surface area contributed by atoms with Gasteiger partial charge in [-0.3, -0.25) is 19.3 Å². The van der Waals surface area contributed by atoms with E-state index < -0.39 is 5.91 Å². The zero-order valence-electron chi connectivity index (χ0n) is 13.2. The molecule has 1 aromatic rings. The molecule has 0 aliphatic carbocycles. The van der Waals surface area contributed by atoms with Gasteiger partial charge in [0.1, 0.15) is 6.54 Å². The Balaban J connectivity index is 2.14. The highest BCUT2D eigenvalue weighted by atomic mass is 16.5. The molecular weight excluding hydrogens is 304 g/mol. The van der Waals surface area contributed by atoms with E-state index in [9.17, 15) is 14.4 Å². The van der Waals surface area contributed by atoms with Gasteiger partial charge in [-0.05, 0) is 0 Å². The van der Waals surface area contributed by atoms with Crippen molar-refractivity contribution in [3.63, 3.8) is 0 Å². The molecule has 0 spiro atoms. The summed E-state index contributed by atoms with van der Waals surface area (Å²) in [6.07, 6.45) is 0.298. The number of nitrogens with zero attached hydrogens (tertiary/aromatic N) is 1. The van der Waals surface area contributed by atoms with Crippen LogP contribution in [0.25, 0.3) is 0 Å². The average Bonchev–Trinajstić information content (AvgIpc) is 2.85. The predicted octanol–water partition coefficient (Wildman–Crippen LogP) is 0.800. The molecule has 1 saturated heterocycles. The number of imide groups is 1. The van der Waals surface area contributed by atoms with Gasteiger partial charge in [-0.1, -0.05) is 0 Å². The Morgan fingerprint density at radius 1 is 1.04 bits per heavy atom. The monoisotopic (exact) mass is 322 g/mol. The molecule has 1 aliphatic heterocycles. The van der Waals surface area contributed by atoms with Crippen LogP contribution in [-0.4, -0.2) is 50.5 Å². The summed E-state index contributed by atoms with van der Waals surface area (Å²) in [4.78, 5) is 36.0. The molecule has 8 nitrogen and oxygen atoms in total. The smallest absolute Gasteiger partial charge is 0.244 e. The second-order valence-corrected chi connectivity index (χ2v) is 4.84. The lowest BCUT2D eigenvalue weighted by Crippen LogP contribution is -2.36. The van der Waals surface area contributed by atoms with Crippen molar-refractivity contribution >= 4 is 23.4 Å². The number of carbonyl (C=O) groups is 3. The van der Waals surface area contributed by atoms with E-state index in [2.05, 4.69) is 5.32 Å². The van der Waals surface area contributed by atoms with Gasteiger partial charge < -0.3 is 19.5 Å². The number of benzene rings is 1. The highest BCUT2D eigenvalue weighted by molar-refractivity contribution is 6.06. The Hall–Kier alpha value is -2.77. The molecule has 8 heteroatoms. The van der Waals surface area contributed by atoms with E-state index >= 15 is 0 Å². The van der Waals surface area contributed by atoms with E-state index in [1.807, 2.05) is 0 Å². The Bertz CT molecular complexity index is 602. The number of amides is 3. The van der Waals surface area contributed by atoms with Crippen molar-refractivity contribution in [1.29, 1.82) is 0 Å². The quantitative estimate of drug-likeness (QED) is 0.779. The number of likely N-dealkylation sites (tertiary alicyclic amines) is 1. The summed E-state index contributed by atoms with van der Waals surface area (Å²) in [5.74, 6) is 0.0109. The van der Waals surface area contributed by atoms with E-state index in [-0.39, 0.29) is 31.2 Å². The lowest BCUT2D eigenvalue weighted by Gasteiger charge is -2.16. The summed E-state index contributed by atoms with van der Waals surface area (Å²) in [7, 11) is 4.40. The molecule has 1 aromatic carbocycles. The summed E-state index contributed by atoms with van der Waals surface area (Å²) >= 11 is 0. The van der Waals surface area contributed by atoms with Gasteiger partial charge in [-0.2, -0.15) is 0 Å². The van der Waals surface area contributed by atoms with Gasteiger partial charge in [-0.25, -0.2) is 0 Å². The van der Waals surface area contributed by atoms with Crippen LogP contribution in [0.5, 0.6) is 17.2 Å². The Morgan fingerprint density at radius 2 is 1.57 bits per heavy atom. The number of nitrogens with one attached hydrogen (secondary N) is 1. The largest absolute Gasteiger partial charge is 0.493 e. The molecule has 0 saturated carbocycles. The minimum atomic E-state index is -0.483. The first kappa shape index (κ1) is 16.6. The Morgan fingerprint density at radius 3 is 2.00 bits per heavy atom. The molecule has 124 valence electrons. The van der Waals surface area contributed by atoms with Crippen LogP contribution in [0, 0.1) is 0 Å². The fourth-order valence-electron chi connectivity index (χ4n) is 2.30. The van der Waals surface area contributed by atoms with Crippen molar-refractivity contribution in [3.8, 4) is 17.2 Å². The zero-order valence-corrected chi connectivity index (χ0v) is 13.2. The highest BCUT2D eigenvalue weighted by Crippen LogP contribution is 2.39. The van der Waals surface area contributed by atoms with Crippen LogP contribution >= 0.6 is 0 Å². The molecule has 0 atom stereocenters. The fraction of sp³-hybridized carbons (Fsp3) is 0.400. The van der Waals surface area contributed by atoms with Gasteiger partial charge >= 0.3 is 0 Å². The molecule has 1 aliphatic rings. The third kappa shape index (κ3) is 3.53. The Kier molecular flexibility index (Phi) is 5.05. The molecule has 0 unspecified atom stereocenters. The molecule has 1 N–H and O–H groups in total. The maximum absolute atomic E-state index is 12.0. The zero-order chi connectivity index (χ0) is 17.0. The third-order valence-corrected chi connectivity index (χ3v) is 3.41. The van der Waals surface area contributed by atoms with Gasteiger partial charge in [0, 0.05) is 30.7 Å². The van der Waals surface area contributed by atoms with Gasteiger partial charge in [0.15, 0.2) is 11.5 Å². The first-order valence-corrected chi connectivity index (χ1v) is 6.93. The van der Waals surface area contributed by atoms with Gasteiger partial charge in [0.25, 0.3) is 0 Å². The molecule has 2 rings (SSSR count). The molecule has 3 amide bonds. The predicted molar refractivity (Wildman–Crippen MR) is 80.7 cm³/mol. The number of hydrogen-bond donors (Lipinski definition) is 1. The summed E-state index contributed by atoms with van der Waals surface area (Å²) in [5, 5.41) is 2.61. The SMILES string of the molecule is COc1cc(NC(=O)CN2C(=O)CCC2=O)cc(OC)c1OC.